The predicted octanol–water partition coefficient (Wildman–Crippen LogP) is 1.96. The number of ether oxygens (including phenoxy) is 2. The first kappa shape index (κ1) is 17.0. The minimum atomic E-state index is -0.153. The third-order valence-electron chi connectivity index (χ3n) is 3.04. The Kier molecular flexibility index (Phi) is 7.32. The number of methoxy groups -OCH3 is 1. The van der Waals surface area contributed by atoms with Crippen LogP contribution < -0.4 is 20.5 Å². The summed E-state index contributed by atoms with van der Waals surface area (Å²) in [6.45, 7) is 4.91. The molecular formula is C16H24N2O3. The van der Waals surface area contributed by atoms with Crippen molar-refractivity contribution >= 4 is 12.0 Å². The van der Waals surface area contributed by atoms with Crippen LogP contribution in [-0.2, 0) is 4.79 Å². The van der Waals surface area contributed by atoms with Gasteiger partial charge >= 0.3 is 0 Å². The summed E-state index contributed by atoms with van der Waals surface area (Å²) in [5, 5.41) is 2.84. The first-order chi connectivity index (χ1) is 10.1. The van der Waals surface area contributed by atoms with Gasteiger partial charge < -0.3 is 20.5 Å². The highest BCUT2D eigenvalue weighted by molar-refractivity contribution is 5.92. The van der Waals surface area contributed by atoms with E-state index in [4.69, 9.17) is 15.2 Å². The zero-order valence-electron chi connectivity index (χ0n) is 12.9. The molecular weight excluding hydrogens is 268 g/mol. The Morgan fingerprint density at radius 3 is 2.71 bits per heavy atom. The molecule has 0 saturated heterocycles. The average molecular weight is 292 g/mol. The molecule has 1 rings (SSSR count). The zero-order valence-corrected chi connectivity index (χ0v) is 12.9. The number of hydrogen-bond acceptors (Lipinski definition) is 4. The predicted molar refractivity (Wildman–Crippen MR) is 84.5 cm³/mol. The maximum absolute atomic E-state index is 11.8. The van der Waals surface area contributed by atoms with Crippen molar-refractivity contribution in [2.45, 2.75) is 26.3 Å². The van der Waals surface area contributed by atoms with E-state index in [9.17, 15) is 4.79 Å². The van der Waals surface area contributed by atoms with Crippen molar-refractivity contribution in [3.63, 3.8) is 0 Å². The van der Waals surface area contributed by atoms with Crippen LogP contribution in [0.1, 0.15) is 25.8 Å². The lowest BCUT2D eigenvalue weighted by atomic mass is 10.1. The second-order valence-electron chi connectivity index (χ2n) is 4.53. The lowest BCUT2D eigenvalue weighted by Gasteiger charge is -2.12. The molecule has 1 aromatic rings. The van der Waals surface area contributed by atoms with Crippen LogP contribution in [0.5, 0.6) is 11.5 Å². The molecule has 0 bridgehead atoms. The van der Waals surface area contributed by atoms with E-state index in [0.29, 0.717) is 24.7 Å². The van der Waals surface area contributed by atoms with Gasteiger partial charge in [-0.2, -0.15) is 0 Å². The van der Waals surface area contributed by atoms with Gasteiger partial charge in [-0.1, -0.05) is 13.0 Å². The number of benzene rings is 1. The zero-order chi connectivity index (χ0) is 15.7. The topological polar surface area (TPSA) is 73.6 Å². The molecule has 0 saturated carbocycles. The second-order valence-corrected chi connectivity index (χ2v) is 4.53. The number of carbonyl (C=O) groups is 1. The van der Waals surface area contributed by atoms with Crippen LogP contribution in [0, 0.1) is 0 Å². The Labute approximate surface area is 126 Å². The molecule has 1 amide bonds. The van der Waals surface area contributed by atoms with Gasteiger partial charge in [0, 0.05) is 18.7 Å². The largest absolute Gasteiger partial charge is 0.493 e. The molecule has 21 heavy (non-hydrogen) atoms. The molecule has 0 aromatic heterocycles. The number of amides is 1. The summed E-state index contributed by atoms with van der Waals surface area (Å²) in [5.74, 6) is 1.18. The van der Waals surface area contributed by atoms with E-state index >= 15 is 0 Å². The van der Waals surface area contributed by atoms with E-state index < -0.39 is 0 Å². The average Bonchev–Trinajstić information content (AvgIpc) is 2.51. The fourth-order valence-corrected chi connectivity index (χ4v) is 1.81. The van der Waals surface area contributed by atoms with Crippen molar-refractivity contribution in [1.82, 2.24) is 5.32 Å². The van der Waals surface area contributed by atoms with E-state index in [-0.39, 0.29) is 11.9 Å². The fraction of sp³-hybridized carbons (Fsp3) is 0.438. The van der Waals surface area contributed by atoms with E-state index in [0.717, 1.165) is 12.0 Å². The van der Waals surface area contributed by atoms with E-state index in [2.05, 4.69) is 5.32 Å². The standard InChI is InChI=1S/C16H24N2O3/c1-4-13(11-17)18-16(19)9-7-12-6-8-14(21-5-2)15(10-12)20-3/h6-10,13H,4-5,11,17H2,1-3H3,(H,18,19)/b9-7+. The molecule has 1 unspecified atom stereocenters. The molecule has 0 heterocycles. The normalized spacial score (nSPS) is 12.2. The van der Waals surface area contributed by atoms with Crippen LogP contribution in [0.3, 0.4) is 0 Å². The van der Waals surface area contributed by atoms with E-state index in [1.165, 1.54) is 6.08 Å². The SMILES string of the molecule is CCOc1ccc(/C=C/C(=O)NC(CC)CN)cc1OC. The molecule has 116 valence electrons. The van der Waals surface area contributed by atoms with Crippen molar-refractivity contribution in [1.29, 1.82) is 0 Å². The Hall–Kier alpha value is -2.01. The van der Waals surface area contributed by atoms with Gasteiger partial charge in [0.2, 0.25) is 5.91 Å². The molecule has 0 spiro atoms. The Bertz CT molecular complexity index is 482. The van der Waals surface area contributed by atoms with Crippen molar-refractivity contribution in [3.05, 3.63) is 29.8 Å². The summed E-state index contributed by atoms with van der Waals surface area (Å²) in [6, 6.07) is 5.54. The minimum Gasteiger partial charge on any atom is -0.493 e. The molecule has 0 fully saturated rings. The van der Waals surface area contributed by atoms with Crippen molar-refractivity contribution in [3.8, 4) is 11.5 Å². The number of rotatable bonds is 8. The Balaban J connectivity index is 2.73. The first-order valence-corrected chi connectivity index (χ1v) is 7.14. The maximum atomic E-state index is 11.8. The molecule has 0 aliphatic rings. The Morgan fingerprint density at radius 2 is 2.14 bits per heavy atom. The summed E-state index contributed by atoms with van der Waals surface area (Å²) < 4.78 is 10.7. The van der Waals surface area contributed by atoms with Crippen molar-refractivity contribution in [2.24, 2.45) is 5.73 Å². The lowest BCUT2D eigenvalue weighted by molar-refractivity contribution is -0.117. The smallest absolute Gasteiger partial charge is 0.244 e. The van der Waals surface area contributed by atoms with Crippen molar-refractivity contribution < 1.29 is 14.3 Å². The van der Waals surface area contributed by atoms with Crippen LogP contribution in [0.25, 0.3) is 6.08 Å². The lowest BCUT2D eigenvalue weighted by Crippen LogP contribution is -2.38. The highest BCUT2D eigenvalue weighted by Gasteiger charge is 2.06. The third kappa shape index (κ3) is 5.47. The number of nitrogens with two attached hydrogens (primary N) is 1. The summed E-state index contributed by atoms with van der Waals surface area (Å²) in [5.41, 5.74) is 6.42. The van der Waals surface area contributed by atoms with Gasteiger partial charge in [-0.15, -0.1) is 0 Å². The number of nitrogens with one attached hydrogen (secondary N) is 1. The third-order valence-corrected chi connectivity index (χ3v) is 3.04. The Morgan fingerprint density at radius 1 is 1.38 bits per heavy atom. The molecule has 3 N–H and O–H groups in total. The number of hydrogen-bond donors (Lipinski definition) is 2. The first-order valence-electron chi connectivity index (χ1n) is 7.14. The van der Waals surface area contributed by atoms with Gasteiger partial charge in [0.1, 0.15) is 0 Å². The second kappa shape index (κ2) is 9.02. The van der Waals surface area contributed by atoms with Gasteiger partial charge in [-0.25, -0.2) is 0 Å². The van der Waals surface area contributed by atoms with Gasteiger partial charge in [-0.05, 0) is 37.1 Å². The molecule has 0 aliphatic heterocycles. The fourth-order valence-electron chi connectivity index (χ4n) is 1.81. The van der Waals surface area contributed by atoms with Crippen LogP contribution in [0.15, 0.2) is 24.3 Å². The molecule has 1 aromatic carbocycles. The molecule has 0 aliphatic carbocycles. The molecule has 1 atom stereocenters. The van der Waals surface area contributed by atoms with Crippen LogP contribution in [0.2, 0.25) is 0 Å². The van der Waals surface area contributed by atoms with Gasteiger partial charge in [0.25, 0.3) is 0 Å². The molecule has 5 heteroatoms. The summed E-state index contributed by atoms with van der Waals surface area (Å²) in [4.78, 5) is 11.8. The van der Waals surface area contributed by atoms with E-state index in [1.54, 1.807) is 13.2 Å². The van der Waals surface area contributed by atoms with Crippen LogP contribution >= 0.6 is 0 Å². The monoisotopic (exact) mass is 292 g/mol. The summed E-state index contributed by atoms with van der Waals surface area (Å²) in [6.07, 6.45) is 4.04. The van der Waals surface area contributed by atoms with Gasteiger partial charge in [0.05, 0.1) is 13.7 Å². The highest BCUT2D eigenvalue weighted by atomic mass is 16.5. The number of carbonyl (C=O) groups excluding carboxylic acids is 1. The summed E-state index contributed by atoms with van der Waals surface area (Å²) >= 11 is 0. The van der Waals surface area contributed by atoms with Crippen LogP contribution in [-0.4, -0.2) is 32.2 Å². The highest BCUT2D eigenvalue weighted by Crippen LogP contribution is 2.28. The maximum Gasteiger partial charge on any atom is 0.244 e. The minimum absolute atomic E-state index is 0.0111. The molecule has 5 nitrogen and oxygen atoms in total. The van der Waals surface area contributed by atoms with Gasteiger partial charge in [-0.3, -0.25) is 4.79 Å². The van der Waals surface area contributed by atoms with Crippen LogP contribution in [0.4, 0.5) is 0 Å². The molecule has 0 radical (unpaired) electrons. The summed E-state index contributed by atoms with van der Waals surface area (Å²) in [7, 11) is 1.59. The van der Waals surface area contributed by atoms with E-state index in [1.807, 2.05) is 32.0 Å². The van der Waals surface area contributed by atoms with Crippen molar-refractivity contribution in [2.75, 3.05) is 20.3 Å². The quantitative estimate of drug-likeness (QED) is 0.718. The van der Waals surface area contributed by atoms with Gasteiger partial charge in [0.15, 0.2) is 11.5 Å².